The number of carbonyl (C=O) groups excluding carboxylic acids is 1. The van der Waals surface area contributed by atoms with Gasteiger partial charge in [0.2, 0.25) is 0 Å². The summed E-state index contributed by atoms with van der Waals surface area (Å²) in [5.74, 6) is 0.865. The summed E-state index contributed by atoms with van der Waals surface area (Å²) in [5.41, 5.74) is 8.08. The van der Waals surface area contributed by atoms with Crippen molar-refractivity contribution in [1.29, 1.82) is 0 Å². The predicted molar refractivity (Wildman–Crippen MR) is 78.3 cm³/mol. The summed E-state index contributed by atoms with van der Waals surface area (Å²) in [4.78, 5) is 11.1. The number of ether oxygens (including phenoxy) is 1. The standard InChI is InChI=1S/C16H23NO2/c1-12(2)5-4-10-19-15-8-6-14(7-9-15)11-16(17)13(3)18/h5-9,16H,4,10-11,17H2,1-3H3/t16-/m0/s1. The van der Waals surface area contributed by atoms with Crippen molar-refractivity contribution in [2.75, 3.05) is 6.61 Å². The molecule has 104 valence electrons. The van der Waals surface area contributed by atoms with Gasteiger partial charge in [-0.15, -0.1) is 0 Å². The molecule has 0 aromatic heterocycles. The summed E-state index contributed by atoms with van der Waals surface area (Å²) in [7, 11) is 0. The molecule has 19 heavy (non-hydrogen) atoms. The van der Waals surface area contributed by atoms with E-state index in [1.165, 1.54) is 12.5 Å². The van der Waals surface area contributed by atoms with Gasteiger partial charge in [0.15, 0.2) is 0 Å². The number of carbonyl (C=O) groups is 1. The minimum atomic E-state index is -0.413. The molecule has 0 unspecified atom stereocenters. The van der Waals surface area contributed by atoms with E-state index in [0.717, 1.165) is 17.7 Å². The summed E-state index contributed by atoms with van der Waals surface area (Å²) in [6.07, 6.45) is 3.65. The zero-order valence-electron chi connectivity index (χ0n) is 12.0. The monoisotopic (exact) mass is 261 g/mol. The highest BCUT2D eigenvalue weighted by molar-refractivity contribution is 5.81. The van der Waals surface area contributed by atoms with E-state index in [9.17, 15) is 4.79 Å². The first-order valence-electron chi connectivity index (χ1n) is 6.60. The maximum Gasteiger partial charge on any atom is 0.146 e. The van der Waals surface area contributed by atoms with E-state index in [1.54, 1.807) is 0 Å². The molecule has 0 bridgehead atoms. The van der Waals surface area contributed by atoms with Gasteiger partial charge in [-0.2, -0.15) is 0 Å². The molecule has 1 atom stereocenters. The maximum absolute atomic E-state index is 11.1. The van der Waals surface area contributed by atoms with Crippen LogP contribution in [-0.2, 0) is 11.2 Å². The van der Waals surface area contributed by atoms with Crippen LogP contribution < -0.4 is 10.5 Å². The van der Waals surface area contributed by atoms with Gasteiger partial charge in [-0.1, -0.05) is 23.8 Å². The van der Waals surface area contributed by atoms with Crippen molar-refractivity contribution in [3.8, 4) is 5.75 Å². The molecule has 0 radical (unpaired) electrons. The average molecular weight is 261 g/mol. The largest absolute Gasteiger partial charge is 0.493 e. The van der Waals surface area contributed by atoms with E-state index in [4.69, 9.17) is 10.5 Å². The van der Waals surface area contributed by atoms with E-state index in [2.05, 4.69) is 19.9 Å². The quantitative estimate of drug-likeness (QED) is 0.606. The minimum Gasteiger partial charge on any atom is -0.493 e. The van der Waals surface area contributed by atoms with Crippen molar-refractivity contribution < 1.29 is 9.53 Å². The molecular weight excluding hydrogens is 238 g/mol. The fourth-order valence-corrected chi connectivity index (χ4v) is 1.64. The Hall–Kier alpha value is -1.61. The lowest BCUT2D eigenvalue weighted by Gasteiger charge is -2.09. The Morgan fingerprint density at radius 3 is 2.42 bits per heavy atom. The van der Waals surface area contributed by atoms with Crippen molar-refractivity contribution in [2.24, 2.45) is 5.73 Å². The molecule has 1 aromatic carbocycles. The highest BCUT2D eigenvalue weighted by Gasteiger charge is 2.08. The van der Waals surface area contributed by atoms with Gasteiger partial charge in [-0.3, -0.25) is 4.79 Å². The molecule has 2 N–H and O–H groups in total. The first-order chi connectivity index (χ1) is 8.99. The topological polar surface area (TPSA) is 52.3 Å². The second-order valence-corrected chi connectivity index (χ2v) is 4.98. The first-order valence-corrected chi connectivity index (χ1v) is 6.60. The van der Waals surface area contributed by atoms with Gasteiger partial charge in [0, 0.05) is 0 Å². The van der Waals surface area contributed by atoms with Crippen LogP contribution in [-0.4, -0.2) is 18.4 Å². The molecule has 0 spiro atoms. The van der Waals surface area contributed by atoms with Crippen LogP contribution in [0.1, 0.15) is 32.8 Å². The molecule has 0 saturated carbocycles. The third kappa shape index (κ3) is 6.20. The second kappa shape index (κ2) is 7.74. The van der Waals surface area contributed by atoms with Crippen LogP contribution in [0.4, 0.5) is 0 Å². The number of benzene rings is 1. The van der Waals surface area contributed by atoms with Crippen molar-refractivity contribution in [2.45, 2.75) is 39.7 Å². The van der Waals surface area contributed by atoms with Crippen LogP contribution in [0.15, 0.2) is 35.9 Å². The SMILES string of the molecule is CC(=O)[C@@H](N)Cc1ccc(OCCC=C(C)C)cc1. The number of allylic oxidation sites excluding steroid dienone is 1. The summed E-state index contributed by atoms with van der Waals surface area (Å²) >= 11 is 0. The van der Waals surface area contributed by atoms with Gasteiger partial charge < -0.3 is 10.5 Å². The third-order valence-corrected chi connectivity index (χ3v) is 2.84. The van der Waals surface area contributed by atoms with Gasteiger partial charge in [0.05, 0.1) is 12.6 Å². The number of Topliss-reactive ketones (excluding diaryl/α,β-unsaturated/α-hetero) is 1. The maximum atomic E-state index is 11.1. The van der Waals surface area contributed by atoms with Crippen molar-refractivity contribution in [1.82, 2.24) is 0 Å². The lowest BCUT2D eigenvalue weighted by atomic mass is 10.0. The molecule has 3 heteroatoms. The van der Waals surface area contributed by atoms with Crippen LogP contribution in [0.3, 0.4) is 0 Å². The smallest absolute Gasteiger partial charge is 0.146 e. The third-order valence-electron chi connectivity index (χ3n) is 2.84. The van der Waals surface area contributed by atoms with Crippen LogP contribution in [0.5, 0.6) is 5.75 Å². The van der Waals surface area contributed by atoms with Crippen molar-refractivity contribution >= 4 is 5.78 Å². The average Bonchev–Trinajstić information content (AvgIpc) is 2.36. The highest BCUT2D eigenvalue weighted by atomic mass is 16.5. The Bertz CT molecular complexity index is 431. The van der Waals surface area contributed by atoms with Crippen molar-refractivity contribution in [3.63, 3.8) is 0 Å². The molecule has 0 amide bonds. The molecular formula is C16H23NO2. The lowest BCUT2D eigenvalue weighted by molar-refractivity contribution is -0.118. The van der Waals surface area contributed by atoms with Crippen LogP contribution in [0.2, 0.25) is 0 Å². The number of nitrogens with two attached hydrogens (primary N) is 1. The molecule has 0 heterocycles. The van der Waals surface area contributed by atoms with Gasteiger partial charge in [0.1, 0.15) is 11.5 Å². The Kier molecular flexibility index (Phi) is 6.30. The second-order valence-electron chi connectivity index (χ2n) is 4.98. The fraction of sp³-hybridized carbons (Fsp3) is 0.438. The van der Waals surface area contributed by atoms with Crippen molar-refractivity contribution in [3.05, 3.63) is 41.5 Å². The summed E-state index contributed by atoms with van der Waals surface area (Å²) in [6.45, 7) is 6.35. The number of ketones is 1. The first kappa shape index (κ1) is 15.4. The molecule has 1 aromatic rings. The van der Waals surface area contributed by atoms with Gasteiger partial charge in [-0.05, 0) is 51.3 Å². The van der Waals surface area contributed by atoms with E-state index < -0.39 is 6.04 Å². The van der Waals surface area contributed by atoms with E-state index >= 15 is 0 Å². The Morgan fingerprint density at radius 1 is 1.26 bits per heavy atom. The molecule has 1 rings (SSSR count). The molecule has 3 nitrogen and oxygen atoms in total. The van der Waals surface area contributed by atoms with Gasteiger partial charge in [0.25, 0.3) is 0 Å². The Balaban J connectivity index is 2.43. The highest BCUT2D eigenvalue weighted by Crippen LogP contribution is 2.13. The molecule has 0 aliphatic carbocycles. The molecule has 0 saturated heterocycles. The number of hydrogen-bond donors (Lipinski definition) is 1. The number of rotatable bonds is 7. The van der Waals surface area contributed by atoms with E-state index in [0.29, 0.717) is 13.0 Å². The van der Waals surface area contributed by atoms with Crippen LogP contribution in [0, 0.1) is 0 Å². The lowest BCUT2D eigenvalue weighted by Crippen LogP contribution is -2.30. The van der Waals surface area contributed by atoms with Crippen LogP contribution >= 0.6 is 0 Å². The van der Waals surface area contributed by atoms with Gasteiger partial charge in [-0.25, -0.2) is 0 Å². The Morgan fingerprint density at radius 2 is 1.89 bits per heavy atom. The van der Waals surface area contributed by atoms with E-state index in [1.807, 2.05) is 24.3 Å². The fourth-order valence-electron chi connectivity index (χ4n) is 1.64. The van der Waals surface area contributed by atoms with E-state index in [-0.39, 0.29) is 5.78 Å². The molecule has 0 aliphatic rings. The molecule has 0 aliphatic heterocycles. The predicted octanol–water partition coefficient (Wildman–Crippen LogP) is 2.88. The zero-order valence-corrected chi connectivity index (χ0v) is 12.0. The van der Waals surface area contributed by atoms with Crippen LogP contribution in [0.25, 0.3) is 0 Å². The Labute approximate surface area is 115 Å². The minimum absolute atomic E-state index is 0.0158. The summed E-state index contributed by atoms with van der Waals surface area (Å²) in [5, 5.41) is 0. The summed E-state index contributed by atoms with van der Waals surface area (Å²) < 4.78 is 5.62. The number of hydrogen-bond acceptors (Lipinski definition) is 3. The zero-order chi connectivity index (χ0) is 14.3. The van der Waals surface area contributed by atoms with Gasteiger partial charge >= 0.3 is 0 Å². The molecule has 0 fully saturated rings. The summed E-state index contributed by atoms with van der Waals surface area (Å²) in [6, 6.07) is 7.34. The normalized spacial score (nSPS) is 11.8.